The zero-order chi connectivity index (χ0) is 12.1. The zero-order valence-electron chi connectivity index (χ0n) is 8.73. The van der Waals surface area contributed by atoms with Gasteiger partial charge in [0.1, 0.15) is 0 Å². The van der Waals surface area contributed by atoms with Gasteiger partial charge in [-0.05, 0) is 31.1 Å². The van der Waals surface area contributed by atoms with Crippen LogP contribution in [0.1, 0.15) is 18.1 Å². The molecule has 1 aromatic carbocycles. The van der Waals surface area contributed by atoms with Gasteiger partial charge in [0.15, 0.2) is 0 Å². The van der Waals surface area contributed by atoms with Crippen LogP contribution >= 0.6 is 0 Å². The molecule has 4 heteroatoms. The maximum absolute atomic E-state index is 8.24. The highest BCUT2D eigenvalue weighted by Gasteiger charge is 1.84. The molecule has 0 bridgehead atoms. The van der Waals surface area contributed by atoms with Gasteiger partial charge in [-0.2, -0.15) is 0 Å². The molecule has 0 radical (unpaired) electrons. The first-order valence-electron chi connectivity index (χ1n) is 4.24. The quantitative estimate of drug-likeness (QED) is 0.519. The van der Waals surface area contributed by atoms with Crippen molar-refractivity contribution >= 4 is 12.2 Å². The van der Waals surface area contributed by atoms with Crippen LogP contribution in [0.5, 0.6) is 0 Å². The Morgan fingerprint density at radius 3 is 1.67 bits per heavy atom. The Kier molecular flexibility index (Phi) is 12.3. The summed E-state index contributed by atoms with van der Waals surface area (Å²) in [6.45, 7) is 4.28. The van der Waals surface area contributed by atoms with E-state index in [0.717, 1.165) is 6.42 Å². The first-order chi connectivity index (χ1) is 7.15. The molecule has 0 unspecified atom stereocenters. The maximum atomic E-state index is 8.24. The van der Waals surface area contributed by atoms with Crippen LogP contribution in [0.25, 0.3) is 10.8 Å². The highest BCUT2D eigenvalue weighted by Crippen LogP contribution is 2.02. The number of hydrogen-bond donors (Lipinski definition) is 0. The highest BCUT2D eigenvalue weighted by molar-refractivity contribution is 5.37. The summed E-state index contributed by atoms with van der Waals surface area (Å²) < 4.78 is 0. The summed E-state index contributed by atoms with van der Waals surface area (Å²) in [6, 6.07) is 8.66. The fraction of sp³-hybridized carbons (Fsp3) is 0.273. The van der Waals surface area contributed by atoms with Crippen LogP contribution in [0.4, 0.5) is 0 Å². The summed E-state index contributed by atoms with van der Waals surface area (Å²) in [5.74, 6) is 0. The van der Waals surface area contributed by atoms with Crippen molar-refractivity contribution in [3.8, 4) is 0 Å². The zero-order valence-corrected chi connectivity index (χ0v) is 8.73. The first kappa shape index (κ1) is 15.5. The second kappa shape index (κ2) is 12.0. The van der Waals surface area contributed by atoms with Gasteiger partial charge < -0.3 is 10.8 Å². The van der Waals surface area contributed by atoms with Crippen molar-refractivity contribution in [2.24, 2.45) is 0 Å². The van der Waals surface area contributed by atoms with E-state index in [1.807, 2.05) is 0 Å². The molecule has 0 aliphatic carbocycles. The first-order valence-corrected chi connectivity index (χ1v) is 4.24. The van der Waals surface area contributed by atoms with Gasteiger partial charge >= 0.3 is 0 Å². The van der Waals surface area contributed by atoms with E-state index in [2.05, 4.69) is 38.1 Å². The predicted molar refractivity (Wildman–Crippen MR) is 58.7 cm³/mol. The summed E-state index contributed by atoms with van der Waals surface area (Å²) >= 11 is 0. The van der Waals surface area contributed by atoms with E-state index in [0.29, 0.717) is 12.2 Å². The molecule has 0 N–H and O–H groups in total. The number of benzene rings is 1. The Morgan fingerprint density at radius 1 is 1.07 bits per heavy atom. The van der Waals surface area contributed by atoms with E-state index in [1.165, 1.54) is 11.1 Å². The maximum Gasteiger partial charge on any atom is -0.0159 e. The van der Waals surface area contributed by atoms with Crippen LogP contribution in [0, 0.1) is 6.92 Å². The van der Waals surface area contributed by atoms with E-state index in [9.17, 15) is 0 Å². The molecule has 80 valence electrons. The van der Waals surface area contributed by atoms with Crippen molar-refractivity contribution in [1.29, 1.82) is 0 Å². The second-order valence-electron chi connectivity index (χ2n) is 2.52. The predicted octanol–water partition coefficient (Wildman–Crippen LogP) is 2.34. The molecule has 0 heterocycles. The van der Waals surface area contributed by atoms with Crippen LogP contribution in [0.3, 0.4) is 0 Å². The number of nitrogens with zero attached hydrogens (tertiary/aromatic N) is 2. The fourth-order valence-corrected chi connectivity index (χ4v) is 0.824. The highest BCUT2D eigenvalue weighted by atomic mass is 16.1. The van der Waals surface area contributed by atoms with Crippen molar-refractivity contribution in [2.45, 2.75) is 20.3 Å². The number of aryl methyl sites for hydroxylation is 2. The van der Waals surface area contributed by atoms with Crippen molar-refractivity contribution < 1.29 is 9.59 Å². The monoisotopic (exact) mass is 204 g/mol. The molecule has 0 atom stereocenters. The molecule has 4 nitrogen and oxygen atoms in total. The minimum Gasteiger partial charge on any atom is -0.724 e. The fourth-order valence-electron chi connectivity index (χ4n) is 0.824. The van der Waals surface area contributed by atoms with Crippen LogP contribution < -0.4 is 0 Å². The number of isocyanates is 2. The molecule has 0 aliphatic heterocycles. The summed E-state index contributed by atoms with van der Waals surface area (Å²) in [5, 5.41) is 13.5. The molecule has 0 saturated carbocycles. The van der Waals surface area contributed by atoms with Gasteiger partial charge in [-0.3, -0.25) is 9.59 Å². The minimum atomic E-state index is 0.500. The van der Waals surface area contributed by atoms with Gasteiger partial charge in [0, 0.05) is 0 Å². The van der Waals surface area contributed by atoms with Crippen molar-refractivity contribution in [3.05, 3.63) is 46.2 Å². The number of rotatable bonds is 1. The van der Waals surface area contributed by atoms with Gasteiger partial charge in [0.25, 0.3) is 0 Å². The summed E-state index contributed by atoms with van der Waals surface area (Å²) in [7, 11) is 0. The molecule has 0 amide bonds. The standard InChI is InChI=1S/C9H12.2CNO/c1-3-9-6-4-8(2)5-7-9;2*2-1-3/h4-7H,3H2,1-2H3;;/q;2*-1. The molecule has 15 heavy (non-hydrogen) atoms. The Morgan fingerprint density at radius 2 is 1.40 bits per heavy atom. The average molecular weight is 204 g/mol. The van der Waals surface area contributed by atoms with Gasteiger partial charge in [-0.15, -0.1) is 0 Å². The summed E-state index contributed by atoms with van der Waals surface area (Å²) in [6.07, 6.45) is 2.14. The third kappa shape index (κ3) is 12.0. The third-order valence-corrected chi connectivity index (χ3v) is 1.53. The molecular weight excluding hydrogens is 192 g/mol. The van der Waals surface area contributed by atoms with Crippen molar-refractivity contribution in [2.75, 3.05) is 0 Å². The number of carbonyl (C=O) groups excluding carboxylic acids is 2. The average Bonchev–Trinajstić information content (AvgIpc) is 2.21. The van der Waals surface area contributed by atoms with E-state index in [4.69, 9.17) is 20.4 Å². The van der Waals surface area contributed by atoms with Gasteiger partial charge in [-0.25, -0.2) is 0 Å². The van der Waals surface area contributed by atoms with Gasteiger partial charge in [0.05, 0.1) is 0 Å². The lowest BCUT2D eigenvalue weighted by atomic mass is 10.1. The van der Waals surface area contributed by atoms with Gasteiger partial charge in [-0.1, -0.05) is 36.8 Å². The van der Waals surface area contributed by atoms with Crippen LogP contribution in [0.15, 0.2) is 24.3 Å². The van der Waals surface area contributed by atoms with E-state index in [-0.39, 0.29) is 0 Å². The Hall–Kier alpha value is -2.02. The van der Waals surface area contributed by atoms with E-state index < -0.39 is 0 Å². The Balaban J connectivity index is 0. The third-order valence-electron chi connectivity index (χ3n) is 1.53. The van der Waals surface area contributed by atoms with Crippen molar-refractivity contribution in [3.63, 3.8) is 0 Å². The SMILES string of the molecule is CCc1ccc(C)cc1.[N-]=C=O.[N-]=C=O. The summed E-state index contributed by atoms with van der Waals surface area (Å²) in [4.78, 5) is 16.5. The van der Waals surface area contributed by atoms with Crippen LogP contribution in [-0.2, 0) is 16.0 Å². The minimum absolute atomic E-state index is 0.500. The Bertz CT molecular complexity index is 307. The smallest absolute Gasteiger partial charge is 0.0159 e. The lowest BCUT2D eigenvalue weighted by Crippen LogP contribution is -1.77. The molecule has 0 aromatic heterocycles. The van der Waals surface area contributed by atoms with E-state index >= 15 is 0 Å². The summed E-state index contributed by atoms with van der Waals surface area (Å²) in [5.41, 5.74) is 2.76. The van der Waals surface area contributed by atoms with Crippen LogP contribution in [-0.4, -0.2) is 12.2 Å². The molecule has 0 saturated heterocycles. The Labute approximate surface area is 89.0 Å². The molecule has 0 fully saturated rings. The van der Waals surface area contributed by atoms with E-state index in [1.54, 1.807) is 0 Å². The van der Waals surface area contributed by atoms with Crippen molar-refractivity contribution in [1.82, 2.24) is 0 Å². The molecular formula is C11H12N2O2-2. The topological polar surface area (TPSA) is 78.7 Å². The second-order valence-corrected chi connectivity index (χ2v) is 2.52. The van der Waals surface area contributed by atoms with Gasteiger partial charge in [0.2, 0.25) is 0 Å². The molecule has 0 aliphatic rings. The largest absolute Gasteiger partial charge is 0.724 e. The molecule has 0 spiro atoms. The molecule has 1 rings (SSSR count). The lowest BCUT2D eigenvalue weighted by molar-refractivity contribution is 0.568. The normalized spacial score (nSPS) is 6.80. The van der Waals surface area contributed by atoms with Crippen LogP contribution in [0.2, 0.25) is 0 Å². The number of hydrogen-bond acceptors (Lipinski definition) is 2. The molecule has 1 aromatic rings. The lowest BCUT2D eigenvalue weighted by Gasteiger charge is -1.94.